The minimum atomic E-state index is -0.321. The molecule has 0 aliphatic rings. The standard InChI is InChI=1S/C22H19N3O3S/c1-15-12-20(26)25-22(23-15)29-19(24-25)14-28-21(27)13-18(16-8-4-2-5-9-16)17-10-6-3-7-11-17/h2-12,18H,13-14H2,1H3. The van der Waals surface area contributed by atoms with Gasteiger partial charge in [-0.3, -0.25) is 9.59 Å². The predicted octanol–water partition coefficient (Wildman–Crippen LogP) is 3.72. The average molecular weight is 405 g/mol. The molecule has 7 heteroatoms. The van der Waals surface area contributed by atoms with Crippen molar-refractivity contribution in [1.29, 1.82) is 0 Å². The summed E-state index contributed by atoms with van der Waals surface area (Å²) in [4.78, 5) is 29.3. The summed E-state index contributed by atoms with van der Waals surface area (Å²) in [5.41, 5.74) is 2.51. The number of rotatable bonds is 6. The SMILES string of the molecule is Cc1cc(=O)n2nc(COC(=O)CC(c3ccccc3)c3ccccc3)sc2n1. The average Bonchev–Trinajstić information content (AvgIpc) is 3.15. The highest BCUT2D eigenvalue weighted by Gasteiger charge is 2.19. The highest BCUT2D eigenvalue weighted by Crippen LogP contribution is 2.28. The van der Waals surface area contributed by atoms with E-state index in [-0.39, 0.29) is 30.5 Å². The quantitative estimate of drug-likeness (QED) is 0.457. The van der Waals surface area contributed by atoms with E-state index < -0.39 is 0 Å². The van der Waals surface area contributed by atoms with Gasteiger partial charge in [-0.25, -0.2) is 4.98 Å². The lowest BCUT2D eigenvalue weighted by Crippen LogP contribution is -2.15. The Bertz CT molecular complexity index is 1150. The summed E-state index contributed by atoms with van der Waals surface area (Å²) >= 11 is 1.24. The maximum atomic E-state index is 12.6. The van der Waals surface area contributed by atoms with Gasteiger partial charge in [-0.1, -0.05) is 72.0 Å². The Morgan fingerprint density at radius 1 is 1.07 bits per heavy atom. The molecule has 0 N–H and O–H groups in total. The van der Waals surface area contributed by atoms with Crippen molar-refractivity contribution in [2.45, 2.75) is 25.9 Å². The first kappa shape index (κ1) is 19.0. The van der Waals surface area contributed by atoms with Gasteiger partial charge in [0.1, 0.15) is 6.61 Å². The van der Waals surface area contributed by atoms with Gasteiger partial charge in [-0.05, 0) is 18.1 Å². The van der Waals surface area contributed by atoms with Gasteiger partial charge in [0, 0.05) is 17.7 Å². The number of aromatic nitrogens is 3. The van der Waals surface area contributed by atoms with E-state index in [1.54, 1.807) is 6.92 Å². The first-order valence-electron chi connectivity index (χ1n) is 9.22. The second kappa shape index (κ2) is 8.36. The van der Waals surface area contributed by atoms with Crippen molar-refractivity contribution in [3.63, 3.8) is 0 Å². The number of esters is 1. The number of nitrogens with zero attached hydrogens (tertiary/aromatic N) is 3. The molecule has 0 radical (unpaired) electrons. The third-order valence-corrected chi connectivity index (χ3v) is 5.43. The zero-order valence-corrected chi connectivity index (χ0v) is 16.6. The molecule has 4 rings (SSSR count). The van der Waals surface area contributed by atoms with E-state index in [4.69, 9.17) is 4.74 Å². The Balaban J connectivity index is 1.49. The summed E-state index contributed by atoms with van der Waals surface area (Å²) in [7, 11) is 0. The fraction of sp³-hybridized carbons (Fsp3) is 0.182. The van der Waals surface area contributed by atoms with Crippen LogP contribution in [0.1, 0.15) is 34.2 Å². The van der Waals surface area contributed by atoms with E-state index in [1.807, 2.05) is 60.7 Å². The lowest BCUT2D eigenvalue weighted by atomic mass is 9.89. The molecule has 0 bridgehead atoms. The monoisotopic (exact) mass is 405 g/mol. The molecular weight excluding hydrogens is 386 g/mol. The van der Waals surface area contributed by atoms with Crippen LogP contribution in [0.5, 0.6) is 0 Å². The third-order valence-electron chi connectivity index (χ3n) is 4.55. The fourth-order valence-electron chi connectivity index (χ4n) is 3.19. The minimum Gasteiger partial charge on any atom is -0.458 e. The zero-order chi connectivity index (χ0) is 20.2. The van der Waals surface area contributed by atoms with E-state index in [9.17, 15) is 9.59 Å². The molecule has 2 aromatic carbocycles. The number of hydrogen-bond acceptors (Lipinski definition) is 6. The number of benzene rings is 2. The first-order chi connectivity index (χ1) is 14.1. The smallest absolute Gasteiger partial charge is 0.307 e. The Kier molecular flexibility index (Phi) is 5.48. The maximum absolute atomic E-state index is 12.6. The van der Waals surface area contributed by atoms with Crippen molar-refractivity contribution in [3.8, 4) is 0 Å². The van der Waals surface area contributed by atoms with Crippen molar-refractivity contribution in [2.24, 2.45) is 0 Å². The van der Waals surface area contributed by atoms with Crippen LogP contribution in [0.15, 0.2) is 71.5 Å². The van der Waals surface area contributed by atoms with Gasteiger partial charge >= 0.3 is 5.97 Å². The van der Waals surface area contributed by atoms with Crippen molar-refractivity contribution < 1.29 is 9.53 Å². The second-order valence-electron chi connectivity index (χ2n) is 6.66. The van der Waals surface area contributed by atoms with Crippen molar-refractivity contribution in [3.05, 3.63) is 98.9 Å². The zero-order valence-electron chi connectivity index (χ0n) is 15.8. The molecule has 0 fully saturated rings. The lowest BCUT2D eigenvalue weighted by Gasteiger charge is -2.17. The Morgan fingerprint density at radius 2 is 1.69 bits per heavy atom. The molecule has 0 aliphatic carbocycles. The summed E-state index contributed by atoms with van der Waals surface area (Å²) in [6, 6.07) is 21.2. The van der Waals surface area contributed by atoms with E-state index in [0.29, 0.717) is 15.7 Å². The molecule has 4 aromatic rings. The van der Waals surface area contributed by atoms with Crippen LogP contribution in [0.25, 0.3) is 4.96 Å². The third kappa shape index (κ3) is 4.41. The van der Waals surface area contributed by atoms with Gasteiger partial charge in [0.25, 0.3) is 5.56 Å². The molecule has 0 aliphatic heterocycles. The Hall–Kier alpha value is -3.32. The lowest BCUT2D eigenvalue weighted by molar-refractivity contribution is -0.145. The van der Waals surface area contributed by atoms with E-state index in [1.165, 1.54) is 21.9 Å². The Labute approximate surface area is 171 Å². The molecule has 29 heavy (non-hydrogen) atoms. The van der Waals surface area contributed by atoms with Gasteiger partial charge < -0.3 is 4.74 Å². The van der Waals surface area contributed by atoms with Gasteiger partial charge in [-0.2, -0.15) is 9.61 Å². The maximum Gasteiger partial charge on any atom is 0.307 e. The van der Waals surface area contributed by atoms with E-state index in [0.717, 1.165) is 11.1 Å². The van der Waals surface area contributed by atoms with Crippen LogP contribution >= 0.6 is 11.3 Å². The largest absolute Gasteiger partial charge is 0.458 e. The molecule has 0 atom stereocenters. The number of ether oxygens (including phenoxy) is 1. The number of fused-ring (bicyclic) bond motifs is 1. The summed E-state index contributed by atoms with van der Waals surface area (Å²) in [6.45, 7) is 1.77. The summed E-state index contributed by atoms with van der Waals surface area (Å²) in [6.07, 6.45) is 0.218. The van der Waals surface area contributed by atoms with Crippen molar-refractivity contribution in [1.82, 2.24) is 14.6 Å². The number of hydrogen-bond donors (Lipinski definition) is 0. The van der Waals surface area contributed by atoms with Crippen LogP contribution in [0.3, 0.4) is 0 Å². The normalized spacial score (nSPS) is 11.1. The summed E-state index contributed by atoms with van der Waals surface area (Å²) < 4.78 is 6.70. The second-order valence-corrected chi connectivity index (χ2v) is 7.71. The van der Waals surface area contributed by atoms with Crippen molar-refractivity contribution in [2.75, 3.05) is 0 Å². The van der Waals surface area contributed by atoms with Gasteiger partial charge in [-0.15, -0.1) is 0 Å². The fourth-order valence-corrected chi connectivity index (χ4v) is 4.04. The van der Waals surface area contributed by atoms with E-state index >= 15 is 0 Å². The molecule has 6 nitrogen and oxygen atoms in total. The molecule has 0 amide bonds. The number of carbonyl (C=O) groups is 1. The summed E-state index contributed by atoms with van der Waals surface area (Å²) in [5, 5.41) is 4.74. The molecule has 0 spiro atoms. The van der Waals surface area contributed by atoms with Crippen LogP contribution in [-0.2, 0) is 16.1 Å². The van der Waals surface area contributed by atoms with Crippen LogP contribution in [-0.4, -0.2) is 20.6 Å². The highest BCUT2D eigenvalue weighted by atomic mass is 32.1. The highest BCUT2D eigenvalue weighted by molar-refractivity contribution is 7.16. The van der Waals surface area contributed by atoms with Crippen LogP contribution in [0, 0.1) is 6.92 Å². The number of aryl methyl sites for hydroxylation is 1. The molecule has 2 aromatic heterocycles. The molecule has 0 saturated heterocycles. The molecule has 2 heterocycles. The summed E-state index contributed by atoms with van der Waals surface area (Å²) in [5.74, 6) is -0.411. The van der Waals surface area contributed by atoms with Gasteiger partial charge in [0.05, 0.1) is 6.42 Å². The molecule has 0 unspecified atom stereocenters. The van der Waals surface area contributed by atoms with Crippen molar-refractivity contribution >= 4 is 22.3 Å². The molecule has 0 saturated carbocycles. The topological polar surface area (TPSA) is 73.6 Å². The molecule has 146 valence electrons. The Morgan fingerprint density at radius 3 is 2.31 bits per heavy atom. The van der Waals surface area contributed by atoms with E-state index in [2.05, 4.69) is 10.1 Å². The number of carbonyl (C=O) groups excluding carboxylic acids is 1. The van der Waals surface area contributed by atoms with Crippen LogP contribution < -0.4 is 5.56 Å². The first-order valence-corrected chi connectivity index (χ1v) is 10.0. The minimum absolute atomic E-state index is 0.0155. The van der Waals surface area contributed by atoms with Crippen LogP contribution in [0.4, 0.5) is 0 Å². The van der Waals surface area contributed by atoms with Gasteiger partial charge in [0.15, 0.2) is 5.01 Å². The molecular formula is C22H19N3O3S. The predicted molar refractivity (Wildman–Crippen MR) is 111 cm³/mol. The van der Waals surface area contributed by atoms with Gasteiger partial charge in [0.2, 0.25) is 4.96 Å². The van der Waals surface area contributed by atoms with Crippen LogP contribution in [0.2, 0.25) is 0 Å².